The molecule has 0 aliphatic carbocycles. The highest BCUT2D eigenvalue weighted by Crippen LogP contribution is 2.21. The standard InChI is InChI=1S/C12H9N5O2/c18-12(19)7-1-3-8(4-2-7)16-10-9-5-15-17-11(9)14-6-13-10/h1-6H,(H,18,19)(H2,13,14,15,16,17). The topological polar surface area (TPSA) is 104 Å². The maximum atomic E-state index is 10.8. The van der Waals surface area contributed by atoms with Crippen LogP contribution in [-0.4, -0.2) is 31.2 Å². The van der Waals surface area contributed by atoms with Gasteiger partial charge in [-0.15, -0.1) is 0 Å². The lowest BCUT2D eigenvalue weighted by Crippen LogP contribution is -1.98. The van der Waals surface area contributed by atoms with Crippen molar-refractivity contribution in [3.63, 3.8) is 0 Å². The number of carboxylic acid groups (broad SMARTS) is 1. The van der Waals surface area contributed by atoms with Crippen molar-refractivity contribution in [3.05, 3.63) is 42.4 Å². The number of aromatic nitrogens is 4. The van der Waals surface area contributed by atoms with Crippen LogP contribution in [0.25, 0.3) is 11.0 Å². The molecule has 0 radical (unpaired) electrons. The molecule has 0 atom stereocenters. The Kier molecular flexibility index (Phi) is 2.57. The molecule has 0 aliphatic rings. The number of carbonyl (C=O) groups is 1. The summed E-state index contributed by atoms with van der Waals surface area (Å²) in [7, 11) is 0. The Labute approximate surface area is 107 Å². The molecule has 7 nitrogen and oxygen atoms in total. The van der Waals surface area contributed by atoms with E-state index < -0.39 is 5.97 Å². The van der Waals surface area contributed by atoms with Gasteiger partial charge in [0.1, 0.15) is 12.1 Å². The van der Waals surface area contributed by atoms with Crippen LogP contribution in [0.1, 0.15) is 10.4 Å². The van der Waals surface area contributed by atoms with Crippen LogP contribution in [0, 0.1) is 0 Å². The number of anilines is 2. The number of aromatic carboxylic acids is 1. The summed E-state index contributed by atoms with van der Waals surface area (Å²) in [6.07, 6.45) is 3.05. The van der Waals surface area contributed by atoms with E-state index in [1.54, 1.807) is 18.3 Å². The number of benzene rings is 1. The van der Waals surface area contributed by atoms with Gasteiger partial charge >= 0.3 is 5.97 Å². The highest BCUT2D eigenvalue weighted by Gasteiger charge is 2.06. The third kappa shape index (κ3) is 2.08. The fourth-order valence-corrected chi connectivity index (χ4v) is 1.70. The van der Waals surface area contributed by atoms with Gasteiger partial charge in [-0.3, -0.25) is 5.10 Å². The zero-order valence-electron chi connectivity index (χ0n) is 9.66. The average Bonchev–Trinajstić information content (AvgIpc) is 2.89. The maximum absolute atomic E-state index is 10.8. The highest BCUT2D eigenvalue weighted by molar-refractivity contribution is 5.89. The van der Waals surface area contributed by atoms with Crippen molar-refractivity contribution in [3.8, 4) is 0 Å². The van der Waals surface area contributed by atoms with Crippen molar-refractivity contribution in [2.45, 2.75) is 0 Å². The predicted molar refractivity (Wildman–Crippen MR) is 68.4 cm³/mol. The minimum absolute atomic E-state index is 0.238. The van der Waals surface area contributed by atoms with Gasteiger partial charge in [0.15, 0.2) is 5.65 Å². The summed E-state index contributed by atoms with van der Waals surface area (Å²) in [5, 5.41) is 19.3. The Balaban J connectivity index is 1.92. The van der Waals surface area contributed by atoms with E-state index in [1.165, 1.54) is 18.5 Å². The SMILES string of the molecule is O=C(O)c1ccc(Nc2ncnc3[nH]ncc23)cc1. The first kappa shape index (κ1) is 11.1. The molecular formula is C12H9N5O2. The fraction of sp³-hybridized carbons (Fsp3) is 0. The Morgan fingerprint density at radius 3 is 2.74 bits per heavy atom. The van der Waals surface area contributed by atoms with Gasteiger partial charge in [0.25, 0.3) is 0 Å². The number of fused-ring (bicyclic) bond motifs is 1. The van der Waals surface area contributed by atoms with E-state index in [4.69, 9.17) is 5.11 Å². The second-order valence-electron chi connectivity index (χ2n) is 3.86. The van der Waals surface area contributed by atoms with E-state index in [9.17, 15) is 4.79 Å². The molecule has 3 rings (SSSR count). The molecule has 0 saturated heterocycles. The van der Waals surface area contributed by atoms with Crippen LogP contribution in [0.5, 0.6) is 0 Å². The van der Waals surface area contributed by atoms with E-state index in [1.807, 2.05) is 0 Å². The summed E-state index contributed by atoms with van der Waals surface area (Å²) < 4.78 is 0. The molecule has 0 bridgehead atoms. The largest absolute Gasteiger partial charge is 0.478 e. The summed E-state index contributed by atoms with van der Waals surface area (Å²) in [6, 6.07) is 6.41. The van der Waals surface area contributed by atoms with Gasteiger partial charge < -0.3 is 10.4 Å². The lowest BCUT2D eigenvalue weighted by molar-refractivity contribution is 0.0697. The van der Waals surface area contributed by atoms with Gasteiger partial charge in [0.2, 0.25) is 0 Å². The molecule has 0 fully saturated rings. The maximum Gasteiger partial charge on any atom is 0.335 e. The fourth-order valence-electron chi connectivity index (χ4n) is 1.70. The number of nitrogens with one attached hydrogen (secondary N) is 2. The molecule has 0 spiro atoms. The number of H-pyrrole nitrogens is 1. The molecule has 94 valence electrons. The molecule has 0 unspecified atom stereocenters. The second-order valence-corrected chi connectivity index (χ2v) is 3.86. The molecule has 0 aliphatic heterocycles. The monoisotopic (exact) mass is 255 g/mol. The van der Waals surface area contributed by atoms with E-state index in [0.717, 1.165) is 11.1 Å². The number of hydrogen-bond donors (Lipinski definition) is 3. The first-order valence-corrected chi connectivity index (χ1v) is 5.48. The zero-order valence-corrected chi connectivity index (χ0v) is 9.66. The Morgan fingerprint density at radius 1 is 1.21 bits per heavy atom. The summed E-state index contributed by atoms with van der Waals surface area (Å²) in [4.78, 5) is 18.9. The third-order valence-electron chi connectivity index (χ3n) is 2.64. The first-order valence-electron chi connectivity index (χ1n) is 5.48. The number of nitrogens with zero attached hydrogens (tertiary/aromatic N) is 3. The van der Waals surface area contributed by atoms with Gasteiger partial charge in [-0.1, -0.05) is 0 Å². The molecule has 2 aromatic heterocycles. The van der Waals surface area contributed by atoms with Crippen LogP contribution in [0.3, 0.4) is 0 Å². The van der Waals surface area contributed by atoms with Crippen LogP contribution < -0.4 is 5.32 Å². The first-order chi connectivity index (χ1) is 9.24. The van der Waals surface area contributed by atoms with Crippen molar-refractivity contribution in [2.75, 3.05) is 5.32 Å². The molecule has 3 N–H and O–H groups in total. The van der Waals surface area contributed by atoms with Crippen LogP contribution in [0.15, 0.2) is 36.8 Å². The quantitative estimate of drug-likeness (QED) is 0.659. The summed E-state index contributed by atoms with van der Waals surface area (Å²) >= 11 is 0. The molecule has 3 aromatic rings. The van der Waals surface area contributed by atoms with Crippen molar-refractivity contribution in [2.24, 2.45) is 0 Å². The minimum Gasteiger partial charge on any atom is -0.478 e. The van der Waals surface area contributed by atoms with Gasteiger partial charge in [-0.05, 0) is 24.3 Å². The minimum atomic E-state index is -0.953. The molecular weight excluding hydrogens is 246 g/mol. The van der Waals surface area contributed by atoms with Gasteiger partial charge in [-0.2, -0.15) is 5.10 Å². The number of carboxylic acids is 1. The Bertz CT molecular complexity index is 735. The third-order valence-corrected chi connectivity index (χ3v) is 2.64. The number of rotatable bonds is 3. The lowest BCUT2D eigenvalue weighted by Gasteiger charge is -2.06. The Morgan fingerprint density at radius 2 is 2.00 bits per heavy atom. The van der Waals surface area contributed by atoms with Gasteiger partial charge in [0.05, 0.1) is 17.1 Å². The van der Waals surface area contributed by atoms with E-state index in [-0.39, 0.29) is 5.56 Å². The second kappa shape index (κ2) is 4.37. The highest BCUT2D eigenvalue weighted by atomic mass is 16.4. The molecule has 19 heavy (non-hydrogen) atoms. The van der Waals surface area contributed by atoms with Crippen molar-refractivity contribution < 1.29 is 9.90 Å². The summed E-state index contributed by atoms with van der Waals surface area (Å²) in [6.45, 7) is 0. The zero-order chi connectivity index (χ0) is 13.2. The summed E-state index contributed by atoms with van der Waals surface area (Å²) in [5.41, 5.74) is 1.62. The van der Waals surface area contributed by atoms with Gasteiger partial charge in [0, 0.05) is 5.69 Å². The van der Waals surface area contributed by atoms with Gasteiger partial charge in [-0.25, -0.2) is 14.8 Å². The normalized spacial score (nSPS) is 10.5. The molecule has 0 saturated carbocycles. The Hall–Kier alpha value is -2.96. The summed E-state index contributed by atoms with van der Waals surface area (Å²) in [5.74, 6) is -0.340. The van der Waals surface area contributed by atoms with Crippen LogP contribution in [0.2, 0.25) is 0 Å². The predicted octanol–water partition coefficient (Wildman–Crippen LogP) is 1.79. The smallest absolute Gasteiger partial charge is 0.335 e. The van der Waals surface area contributed by atoms with Crippen molar-refractivity contribution in [1.29, 1.82) is 0 Å². The molecule has 7 heteroatoms. The van der Waals surface area contributed by atoms with E-state index in [2.05, 4.69) is 25.5 Å². The molecule has 2 heterocycles. The van der Waals surface area contributed by atoms with E-state index >= 15 is 0 Å². The van der Waals surface area contributed by atoms with Crippen molar-refractivity contribution >= 4 is 28.5 Å². The van der Waals surface area contributed by atoms with Crippen LogP contribution in [-0.2, 0) is 0 Å². The number of aromatic amines is 1. The van der Waals surface area contributed by atoms with Crippen molar-refractivity contribution in [1.82, 2.24) is 20.2 Å². The van der Waals surface area contributed by atoms with E-state index in [0.29, 0.717) is 11.5 Å². The lowest BCUT2D eigenvalue weighted by atomic mass is 10.2. The molecule has 1 aromatic carbocycles. The van der Waals surface area contributed by atoms with Crippen LogP contribution >= 0.6 is 0 Å². The number of hydrogen-bond acceptors (Lipinski definition) is 5. The van der Waals surface area contributed by atoms with Crippen LogP contribution in [0.4, 0.5) is 11.5 Å². The average molecular weight is 255 g/mol. The molecule has 0 amide bonds.